The maximum Gasteiger partial charge on any atom is 0.264 e. The van der Waals surface area contributed by atoms with Gasteiger partial charge in [0.2, 0.25) is 5.88 Å². The van der Waals surface area contributed by atoms with E-state index in [0.29, 0.717) is 30.0 Å². The molecule has 0 spiro atoms. The van der Waals surface area contributed by atoms with Crippen LogP contribution in [0.3, 0.4) is 0 Å². The minimum absolute atomic E-state index is 0.0519. The van der Waals surface area contributed by atoms with Crippen LogP contribution in [0.5, 0.6) is 0 Å². The summed E-state index contributed by atoms with van der Waals surface area (Å²) in [4.78, 5) is 12.0. The lowest BCUT2D eigenvalue weighted by Crippen LogP contribution is -2.26. The number of nitrogens with one attached hydrogen (secondary N) is 2. The van der Waals surface area contributed by atoms with E-state index in [0.717, 1.165) is 6.42 Å². The number of benzene rings is 1. The van der Waals surface area contributed by atoms with Gasteiger partial charge in [0, 0.05) is 17.9 Å². The van der Waals surface area contributed by atoms with Gasteiger partial charge in [-0.2, -0.15) is 0 Å². The normalized spacial score (nSPS) is 17.4. The predicted molar refractivity (Wildman–Crippen MR) is 90.8 cm³/mol. The van der Waals surface area contributed by atoms with Gasteiger partial charge in [-0.1, -0.05) is 5.16 Å². The van der Waals surface area contributed by atoms with Gasteiger partial charge in [-0.15, -0.1) is 0 Å². The first-order valence-electron chi connectivity index (χ1n) is 7.85. The molecule has 0 bridgehead atoms. The van der Waals surface area contributed by atoms with Crippen LogP contribution in [-0.4, -0.2) is 32.2 Å². The molecule has 1 fully saturated rings. The summed E-state index contributed by atoms with van der Waals surface area (Å²) >= 11 is 0. The van der Waals surface area contributed by atoms with Crippen LogP contribution >= 0.6 is 0 Å². The van der Waals surface area contributed by atoms with E-state index in [4.69, 9.17) is 9.26 Å². The zero-order valence-electron chi connectivity index (χ0n) is 13.9. The molecule has 1 atom stereocenters. The van der Waals surface area contributed by atoms with Crippen LogP contribution in [-0.2, 0) is 19.6 Å². The fourth-order valence-corrected chi connectivity index (χ4v) is 3.46. The van der Waals surface area contributed by atoms with Crippen LogP contribution in [0.2, 0.25) is 0 Å². The minimum Gasteiger partial charge on any atom is -0.368 e. The van der Waals surface area contributed by atoms with E-state index in [9.17, 15) is 13.2 Å². The summed E-state index contributed by atoms with van der Waals surface area (Å²) in [5.74, 6) is -0.132. The summed E-state index contributed by atoms with van der Waals surface area (Å²) in [6.07, 6.45) is 1.11. The molecule has 134 valence electrons. The summed E-state index contributed by atoms with van der Waals surface area (Å²) < 4.78 is 37.4. The summed E-state index contributed by atoms with van der Waals surface area (Å²) in [6.45, 7) is 4.02. The molecular formula is C16H19N3O5S. The fourth-order valence-electron chi connectivity index (χ4n) is 2.42. The van der Waals surface area contributed by atoms with Gasteiger partial charge in [0.05, 0.1) is 10.6 Å². The third-order valence-electron chi connectivity index (χ3n) is 4.04. The van der Waals surface area contributed by atoms with Crippen molar-refractivity contribution in [1.29, 1.82) is 0 Å². The molecule has 0 radical (unpaired) electrons. The van der Waals surface area contributed by atoms with E-state index in [-0.39, 0.29) is 16.7 Å². The second-order valence-electron chi connectivity index (χ2n) is 5.84. The molecule has 8 nitrogen and oxygen atoms in total. The molecule has 1 aromatic carbocycles. The summed E-state index contributed by atoms with van der Waals surface area (Å²) in [5.41, 5.74) is 1.75. The highest BCUT2D eigenvalue weighted by Crippen LogP contribution is 2.23. The molecule has 0 unspecified atom stereocenters. The number of anilines is 2. The fraction of sp³-hybridized carbons (Fsp3) is 0.375. The molecule has 3 rings (SSSR count). The Labute approximate surface area is 145 Å². The Morgan fingerprint density at radius 2 is 1.96 bits per heavy atom. The molecule has 1 amide bonds. The van der Waals surface area contributed by atoms with Crippen molar-refractivity contribution in [2.45, 2.75) is 37.7 Å². The lowest BCUT2D eigenvalue weighted by atomic mass is 10.2. The van der Waals surface area contributed by atoms with Crippen molar-refractivity contribution in [3.8, 4) is 0 Å². The maximum atomic E-state index is 12.4. The van der Waals surface area contributed by atoms with Crippen LogP contribution in [0, 0.1) is 13.8 Å². The largest absolute Gasteiger partial charge is 0.368 e. The lowest BCUT2D eigenvalue weighted by molar-refractivity contribution is -0.124. The Balaban J connectivity index is 1.70. The molecule has 1 aliphatic rings. The molecule has 1 saturated heterocycles. The highest BCUT2D eigenvalue weighted by atomic mass is 32.2. The Kier molecular flexibility index (Phi) is 4.78. The van der Waals surface area contributed by atoms with Crippen molar-refractivity contribution in [2.75, 3.05) is 16.6 Å². The summed E-state index contributed by atoms with van der Waals surface area (Å²) in [5, 5.41) is 6.43. The van der Waals surface area contributed by atoms with Gasteiger partial charge in [-0.3, -0.25) is 4.79 Å². The van der Waals surface area contributed by atoms with Crippen LogP contribution < -0.4 is 10.0 Å². The number of nitrogens with zero attached hydrogens (tertiary/aromatic N) is 1. The van der Waals surface area contributed by atoms with Gasteiger partial charge < -0.3 is 14.6 Å². The van der Waals surface area contributed by atoms with Crippen LogP contribution in [0.25, 0.3) is 0 Å². The van der Waals surface area contributed by atoms with Gasteiger partial charge in [-0.25, -0.2) is 13.1 Å². The van der Waals surface area contributed by atoms with Gasteiger partial charge in [0.1, 0.15) is 6.10 Å². The number of hydrogen-bond acceptors (Lipinski definition) is 6. The van der Waals surface area contributed by atoms with Crippen molar-refractivity contribution in [3.05, 3.63) is 35.5 Å². The number of aromatic nitrogens is 1. The molecule has 0 saturated carbocycles. The van der Waals surface area contributed by atoms with Crippen molar-refractivity contribution < 1.29 is 22.5 Å². The smallest absolute Gasteiger partial charge is 0.264 e. The first-order valence-corrected chi connectivity index (χ1v) is 9.33. The van der Waals surface area contributed by atoms with Crippen LogP contribution in [0.1, 0.15) is 24.1 Å². The van der Waals surface area contributed by atoms with E-state index in [1.165, 1.54) is 24.3 Å². The maximum absolute atomic E-state index is 12.4. The van der Waals surface area contributed by atoms with E-state index in [1.54, 1.807) is 13.8 Å². The van der Waals surface area contributed by atoms with E-state index in [1.807, 2.05) is 0 Å². The number of amides is 1. The predicted octanol–water partition coefficient (Wildman–Crippen LogP) is 2.21. The van der Waals surface area contributed by atoms with Crippen molar-refractivity contribution in [3.63, 3.8) is 0 Å². The third-order valence-corrected chi connectivity index (χ3v) is 5.39. The number of aryl methyl sites for hydroxylation is 1. The van der Waals surface area contributed by atoms with Crippen molar-refractivity contribution in [2.24, 2.45) is 0 Å². The average Bonchev–Trinajstić information content (AvgIpc) is 3.21. The quantitative estimate of drug-likeness (QED) is 0.840. The number of carbonyl (C=O) groups excluding carboxylic acids is 1. The Morgan fingerprint density at radius 1 is 1.24 bits per heavy atom. The first-order chi connectivity index (χ1) is 11.9. The standard InChI is InChI=1S/C16H19N3O5S/c1-10-11(2)18-24-16(10)19-25(21,22)13-7-5-12(6-8-13)17-15(20)14-4-3-9-23-14/h5-8,14,19H,3-4,9H2,1-2H3,(H,17,20)/t14-/m0/s1. The molecule has 2 heterocycles. The van der Waals surface area contributed by atoms with Crippen molar-refractivity contribution >= 4 is 27.5 Å². The molecule has 2 aromatic rings. The van der Waals surface area contributed by atoms with Crippen LogP contribution in [0.15, 0.2) is 33.7 Å². The Morgan fingerprint density at radius 3 is 2.52 bits per heavy atom. The molecule has 1 aliphatic heterocycles. The van der Waals surface area contributed by atoms with Crippen LogP contribution in [0.4, 0.5) is 11.6 Å². The lowest BCUT2D eigenvalue weighted by Gasteiger charge is -2.11. The number of hydrogen-bond donors (Lipinski definition) is 2. The second kappa shape index (κ2) is 6.85. The average molecular weight is 365 g/mol. The first kappa shape index (κ1) is 17.4. The summed E-state index contributed by atoms with van der Waals surface area (Å²) in [6, 6.07) is 5.87. The monoisotopic (exact) mass is 365 g/mol. The topological polar surface area (TPSA) is 111 Å². The third kappa shape index (κ3) is 3.83. The van der Waals surface area contributed by atoms with E-state index < -0.39 is 16.1 Å². The van der Waals surface area contributed by atoms with Gasteiger partial charge >= 0.3 is 0 Å². The molecular weight excluding hydrogens is 346 g/mol. The molecule has 25 heavy (non-hydrogen) atoms. The van der Waals surface area contributed by atoms with Gasteiger partial charge in [0.25, 0.3) is 15.9 Å². The zero-order valence-corrected chi connectivity index (χ0v) is 14.7. The van der Waals surface area contributed by atoms with Gasteiger partial charge in [0.15, 0.2) is 0 Å². The van der Waals surface area contributed by atoms with E-state index in [2.05, 4.69) is 15.2 Å². The number of ether oxygens (including phenoxy) is 1. The Hall–Kier alpha value is -2.39. The van der Waals surface area contributed by atoms with Gasteiger partial charge in [-0.05, 0) is 51.0 Å². The highest BCUT2D eigenvalue weighted by Gasteiger charge is 2.24. The number of sulfonamides is 1. The SMILES string of the molecule is Cc1noc(NS(=O)(=O)c2ccc(NC(=O)[C@@H]3CCCO3)cc2)c1C. The highest BCUT2D eigenvalue weighted by molar-refractivity contribution is 7.92. The molecule has 1 aromatic heterocycles. The molecule has 2 N–H and O–H groups in total. The Bertz CT molecular complexity index is 868. The van der Waals surface area contributed by atoms with E-state index >= 15 is 0 Å². The number of rotatable bonds is 5. The molecule has 9 heteroatoms. The second-order valence-corrected chi connectivity index (χ2v) is 7.53. The summed E-state index contributed by atoms with van der Waals surface area (Å²) in [7, 11) is -3.80. The molecule has 0 aliphatic carbocycles. The zero-order chi connectivity index (χ0) is 18.0. The number of carbonyl (C=O) groups is 1. The minimum atomic E-state index is -3.80. The van der Waals surface area contributed by atoms with Crippen molar-refractivity contribution in [1.82, 2.24) is 5.16 Å².